The van der Waals surface area contributed by atoms with Crippen molar-refractivity contribution < 1.29 is 23.9 Å². The molecule has 1 unspecified atom stereocenters. The van der Waals surface area contributed by atoms with Crippen molar-refractivity contribution in [2.24, 2.45) is 0 Å². The van der Waals surface area contributed by atoms with Crippen LogP contribution in [0.15, 0.2) is 30.3 Å². The van der Waals surface area contributed by atoms with Crippen molar-refractivity contribution in [1.29, 1.82) is 0 Å². The maximum atomic E-state index is 11.4. The average molecular weight is 222 g/mol. The molecule has 0 N–H and O–H groups in total. The Morgan fingerprint density at radius 3 is 2.50 bits per heavy atom. The molecule has 0 spiro atoms. The lowest BCUT2D eigenvalue weighted by Crippen LogP contribution is -2.23. The quantitative estimate of drug-likeness (QED) is 0.400. The van der Waals surface area contributed by atoms with Crippen LogP contribution in [0.4, 0.5) is 0 Å². The Labute approximate surface area is 92.0 Å². The summed E-state index contributed by atoms with van der Waals surface area (Å²) >= 11 is 0. The third-order valence-corrected chi connectivity index (χ3v) is 1.67. The number of ether oxygens (including phenoxy) is 2. The van der Waals surface area contributed by atoms with Gasteiger partial charge < -0.3 is 14.3 Å². The predicted molar refractivity (Wildman–Crippen MR) is 53.7 cm³/mol. The zero-order valence-corrected chi connectivity index (χ0v) is 8.37. The molecule has 16 heavy (non-hydrogen) atoms. The van der Waals surface area contributed by atoms with Gasteiger partial charge in [0.2, 0.25) is 0 Å². The number of rotatable bonds is 6. The van der Waals surface area contributed by atoms with Crippen LogP contribution in [0.2, 0.25) is 0 Å². The first-order valence-electron chi connectivity index (χ1n) is 4.54. The number of carbonyl (C=O) groups excluding carboxylic acids is 3. The normalized spacial score (nSPS) is 11.5. The number of hydrogen-bond acceptors (Lipinski definition) is 5. The second kappa shape index (κ2) is 6.47. The summed E-state index contributed by atoms with van der Waals surface area (Å²) in [5.41, 5.74) is 0.309. The van der Waals surface area contributed by atoms with Crippen LogP contribution in [0.5, 0.6) is 0 Å². The molecule has 0 radical (unpaired) electrons. The highest BCUT2D eigenvalue weighted by Crippen LogP contribution is 2.03. The molecule has 1 atom stereocenters. The maximum absolute atomic E-state index is 11.4. The van der Waals surface area contributed by atoms with Crippen LogP contribution < -0.4 is 0 Å². The number of aldehydes is 2. The first-order chi connectivity index (χ1) is 7.77. The molecule has 0 saturated carbocycles. The molecular weight excluding hydrogens is 212 g/mol. The monoisotopic (exact) mass is 222 g/mol. The van der Waals surface area contributed by atoms with E-state index in [-0.39, 0.29) is 6.61 Å². The summed E-state index contributed by atoms with van der Waals surface area (Å²) in [6.45, 7) is -0.300. The van der Waals surface area contributed by atoms with Gasteiger partial charge in [-0.15, -0.1) is 0 Å². The van der Waals surface area contributed by atoms with Gasteiger partial charge in [0.15, 0.2) is 6.29 Å². The minimum absolute atomic E-state index is 0.300. The average Bonchev–Trinajstić information content (AvgIpc) is 2.35. The van der Waals surface area contributed by atoms with Gasteiger partial charge in [-0.1, -0.05) is 18.2 Å². The van der Waals surface area contributed by atoms with Crippen LogP contribution in [-0.2, 0) is 19.1 Å². The van der Waals surface area contributed by atoms with Crippen LogP contribution >= 0.6 is 0 Å². The molecule has 0 fully saturated rings. The van der Waals surface area contributed by atoms with Crippen molar-refractivity contribution in [3.8, 4) is 0 Å². The summed E-state index contributed by atoms with van der Waals surface area (Å²) in [6.07, 6.45) is -0.574. The molecule has 0 bridgehead atoms. The molecular formula is C11H10O5. The molecule has 0 heterocycles. The van der Waals surface area contributed by atoms with Gasteiger partial charge in [0, 0.05) is 0 Å². The van der Waals surface area contributed by atoms with Crippen molar-refractivity contribution in [2.45, 2.75) is 6.29 Å². The third kappa shape index (κ3) is 3.62. The minimum atomic E-state index is -1.35. The minimum Gasteiger partial charge on any atom is -0.425 e. The lowest BCUT2D eigenvalue weighted by atomic mass is 10.2. The van der Waals surface area contributed by atoms with E-state index >= 15 is 0 Å². The highest BCUT2D eigenvalue weighted by molar-refractivity contribution is 5.90. The standard InChI is InChI=1S/C11H10O5/c12-6-7-15-10(8-13)16-11(14)9-4-2-1-3-5-9/h1-6,8,10H,7H2. The van der Waals surface area contributed by atoms with Crippen molar-refractivity contribution in [3.63, 3.8) is 0 Å². The van der Waals surface area contributed by atoms with Gasteiger partial charge in [-0.3, -0.25) is 4.79 Å². The van der Waals surface area contributed by atoms with E-state index in [2.05, 4.69) is 4.74 Å². The zero-order valence-electron chi connectivity index (χ0n) is 8.37. The Hall–Kier alpha value is -2.01. The molecule has 1 aromatic carbocycles. The van der Waals surface area contributed by atoms with E-state index < -0.39 is 12.3 Å². The van der Waals surface area contributed by atoms with Gasteiger partial charge >= 0.3 is 5.97 Å². The predicted octanol–water partition coefficient (Wildman–Crippen LogP) is 0.584. The molecule has 5 nitrogen and oxygen atoms in total. The second-order valence-electron chi connectivity index (χ2n) is 2.78. The van der Waals surface area contributed by atoms with Crippen LogP contribution in [-0.4, -0.2) is 31.4 Å². The number of carbonyl (C=O) groups is 3. The molecule has 84 valence electrons. The van der Waals surface area contributed by atoms with E-state index in [0.29, 0.717) is 18.1 Å². The van der Waals surface area contributed by atoms with Gasteiger partial charge in [0.25, 0.3) is 6.29 Å². The molecule has 0 aromatic heterocycles. The Balaban J connectivity index is 2.55. The largest absolute Gasteiger partial charge is 0.425 e. The summed E-state index contributed by atoms with van der Waals surface area (Å²) in [7, 11) is 0. The molecule has 0 saturated heterocycles. The summed E-state index contributed by atoms with van der Waals surface area (Å²) in [6, 6.07) is 8.17. The first-order valence-corrected chi connectivity index (χ1v) is 4.54. The van der Waals surface area contributed by atoms with Gasteiger partial charge in [0.05, 0.1) is 5.56 Å². The summed E-state index contributed by atoms with van der Waals surface area (Å²) in [4.78, 5) is 31.9. The Morgan fingerprint density at radius 2 is 1.94 bits per heavy atom. The van der Waals surface area contributed by atoms with Crippen molar-refractivity contribution in [1.82, 2.24) is 0 Å². The summed E-state index contributed by atoms with van der Waals surface area (Å²) < 4.78 is 9.35. The van der Waals surface area contributed by atoms with E-state index in [1.807, 2.05) is 0 Å². The molecule has 0 aliphatic carbocycles. The molecule has 0 aliphatic rings. The lowest BCUT2D eigenvalue weighted by molar-refractivity contribution is -0.147. The molecule has 0 aliphatic heterocycles. The highest BCUT2D eigenvalue weighted by Gasteiger charge is 2.14. The smallest absolute Gasteiger partial charge is 0.340 e. The fraction of sp³-hybridized carbons (Fsp3) is 0.182. The Kier molecular flexibility index (Phi) is 4.88. The second-order valence-corrected chi connectivity index (χ2v) is 2.78. The zero-order chi connectivity index (χ0) is 11.8. The molecule has 5 heteroatoms. The maximum Gasteiger partial charge on any atom is 0.340 e. The lowest BCUT2D eigenvalue weighted by Gasteiger charge is -2.10. The van der Waals surface area contributed by atoms with E-state index in [1.54, 1.807) is 30.3 Å². The van der Waals surface area contributed by atoms with Gasteiger partial charge in [-0.2, -0.15) is 0 Å². The van der Waals surface area contributed by atoms with Crippen LogP contribution in [0.1, 0.15) is 10.4 Å². The molecule has 1 aromatic rings. The Bertz CT molecular complexity index is 360. The van der Waals surface area contributed by atoms with E-state index in [1.165, 1.54) is 0 Å². The summed E-state index contributed by atoms with van der Waals surface area (Å²) in [5.74, 6) is -0.677. The van der Waals surface area contributed by atoms with E-state index in [9.17, 15) is 14.4 Å². The first kappa shape index (κ1) is 12.1. The summed E-state index contributed by atoms with van der Waals surface area (Å²) in [5, 5.41) is 0. The van der Waals surface area contributed by atoms with Crippen molar-refractivity contribution in [3.05, 3.63) is 35.9 Å². The van der Waals surface area contributed by atoms with E-state index in [4.69, 9.17) is 4.74 Å². The fourth-order valence-corrected chi connectivity index (χ4v) is 0.983. The number of benzene rings is 1. The van der Waals surface area contributed by atoms with Gasteiger partial charge in [-0.25, -0.2) is 4.79 Å². The van der Waals surface area contributed by atoms with Crippen molar-refractivity contribution in [2.75, 3.05) is 6.61 Å². The molecule has 0 amide bonds. The SMILES string of the molecule is O=CCOC(C=O)OC(=O)c1ccccc1. The topological polar surface area (TPSA) is 69.7 Å². The van der Waals surface area contributed by atoms with Crippen LogP contribution in [0, 0.1) is 0 Å². The van der Waals surface area contributed by atoms with Gasteiger partial charge in [-0.05, 0) is 12.1 Å². The Morgan fingerprint density at radius 1 is 1.25 bits per heavy atom. The van der Waals surface area contributed by atoms with Crippen molar-refractivity contribution >= 4 is 18.5 Å². The molecule has 1 rings (SSSR count). The number of hydrogen-bond donors (Lipinski definition) is 0. The van der Waals surface area contributed by atoms with Gasteiger partial charge in [0.1, 0.15) is 12.9 Å². The number of esters is 1. The highest BCUT2D eigenvalue weighted by atomic mass is 16.7. The van der Waals surface area contributed by atoms with Crippen LogP contribution in [0.3, 0.4) is 0 Å². The van der Waals surface area contributed by atoms with Crippen LogP contribution in [0.25, 0.3) is 0 Å². The fourth-order valence-electron chi connectivity index (χ4n) is 0.983. The third-order valence-electron chi connectivity index (χ3n) is 1.67. The van der Waals surface area contributed by atoms with E-state index in [0.717, 1.165) is 0 Å².